The van der Waals surface area contributed by atoms with Gasteiger partial charge in [-0.05, 0) is 19.3 Å². The van der Waals surface area contributed by atoms with Gasteiger partial charge in [0.15, 0.2) is 6.10 Å². The Labute approximate surface area is 113 Å². The largest absolute Gasteiger partial charge is 0.479 e. The third-order valence-corrected chi connectivity index (χ3v) is 3.52. The van der Waals surface area contributed by atoms with Gasteiger partial charge in [-0.3, -0.25) is 0 Å². The third-order valence-electron chi connectivity index (χ3n) is 3.52. The summed E-state index contributed by atoms with van der Waals surface area (Å²) >= 11 is 0. The number of alkyl carbamates (subject to hydrolysis) is 1. The second-order valence-corrected chi connectivity index (χ2v) is 4.99. The van der Waals surface area contributed by atoms with Gasteiger partial charge in [-0.1, -0.05) is 32.1 Å². The number of aliphatic hydroxyl groups is 1. The van der Waals surface area contributed by atoms with Crippen LogP contribution in [0.4, 0.5) is 4.79 Å². The lowest BCUT2D eigenvalue weighted by molar-refractivity contribution is -0.148. The smallest absolute Gasteiger partial charge is 0.407 e. The van der Waals surface area contributed by atoms with Crippen molar-refractivity contribution in [1.82, 2.24) is 5.32 Å². The van der Waals surface area contributed by atoms with E-state index in [0.717, 1.165) is 25.7 Å². The maximum Gasteiger partial charge on any atom is 0.407 e. The van der Waals surface area contributed by atoms with Gasteiger partial charge in [-0.25, -0.2) is 9.59 Å². The van der Waals surface area contributed by atoms with E-state index in [4.69, 9.17) is 9.84 Å². The molecule has 1 saturated carbocycles. The standard InChI is InChI=1S/C13H23NO5/c1-2-19-13(18)14-10(11(15)12(16)17)8-9-6-4-3-5-7-9/h9-11,15H,2-8H2,1H3,(H,14,18)(H,16,17)/t10-,11+/m0/s1. The maximum absolute atomic E-state index is 11.4. The molecule has 0 aliphatic heterocycles. The van der Waals surface area contributed by atoms with E-state index in [0.29, 0.717) is 12.3 Å². The molecule has 0 aromatic heterocycles. The summed E-state index contributed by atoms with van der Waals surface area (Å²) in [7, 11) is 0. The van der Waals surface area contributed by atoms with Crippen LogP contribution in [0, 0.1) is 5.92 Å². The SMILES string of the molecule is CCOC(=O)N[C@@H](CC1CCCCC1)[C@@H](O)C(=O)O. The van der Waals surface area contributed by atoms with Gasteiger partial charge in [0.05, 0.1) is 12.6 Å². The number of ether oxygens (including phenoxy) is 1. The summed E-state index contributed by atoms with van der Waals surface area (Å²) in [4.78, 5) is 22.3. The van der Waals surface area contributed by atoms with Crippen LogP contribution in [0.3, 0.4) is 0 Å². The molecule has 0 unspecified atom stereocenters. The van der Waals surface area contributed by atoms with Gasteiger partial charge in [0.25, 0.3) is 0 Å². The Morgan fingerprint density at radius 3 is 2.47 bits per heavy atom. The molecule has 2 atom stereocenters. The van der Waals surface area contributed by atoms with E-state index in [2.05, 4.69) is 5.32 Å². The first-order valence-corrected chi connectivity index (χ1v) is 6.88. The van der Waals surface area contributed by atoms with Crippen molar-refractivity contribution < 1.29 is 24.5 Å². The van der Waals surface area contributed by atoms with Crippen LogP contribution < -0.4 is 5.32 Å². The minimum atomic E-state index is -1.59. The normalized spacial score (nSPS) is 19.5. The minimum Gasteiger partial charge on any atom is -0.479 e. The van der Waals surface area contributed by atoms with Crippen LogP contribution in [-0.4, -0.2) is 41.0 Å². The topological polar surface area (TPSA) is 95.9 Å². The maximum atomic E-state index is 11.4. The summed E-state index contributed by atoms with van der Waals surface area (Å²) in [5.74, 6) is -0.965. The number of hydrogen-bond acceptors (Lipinski definition) is 4. The number of hydrogen-bond donors (Lipinski definition) is 3. The number of amides is 1. The van der Waals surface area contributed by atoms with E-state index in [1.807, 2.05) is 0 Å². The van der Waals surface area contributed by atoms with E-state index in [1.165, 1.54) is 6.42 Å². The predicted molar refractivity (Wildman–Crippen MR) is 68.8 cm³/mol. The minimum absolute atomic E-state index is 0.213. The molecular weight excluding hydrogens is 250 g/mol. The average Bonchev–Trinajstić information content (AvgIpc) is 2.38. The molecule has 0 bridgehead atoms. The van der Waals surface area contributed by atoms with Crippen molar-refractivity contribution in [2.75, 3.05) is 6.61 Å². The summed E-state index contributed by atoms with van der Waals surface area (Å²) in [6.45, 7) is 1.88. The highest BCUT2D eigenvalue weighted by Gasteiger charge is 2.30. The molecular formula is C13H23NO5. The van der Waals surface area contributed by atoms with Crippen LogP contribution in [0.2, 0.25) is 0 Å². The van der Waals surface area contributed by atoms with Crippen LogP contribution in [0.5, 0.6) is 0 Å². The Balaban J connectivity index is 2.57. The van der Waals surface area contributed by atoms with Gasteiger partial charge in [0.1, 0.15) is 0 Å². The summed E-state index contributed by atoms with van der Waals surface area (Å²) in [5.41, 5.74) is 0. The zero-order chi connectivity index (χ0) is 14.3. The Morgan fingerprint density at radius 1 is 1.32 bits per heavy atom. The van der Waals surface area contributed by atoms with E-state index in [1.54, 1.807) is 6.92 Å². The van der Waals surface area contributed by atoms with Crippen LogP contribution in [0.25, 0.3) is 0 Å². The molecule has 0 aromatic carbocycles. The molecule has 0 spiro atoms. The third kappa shape index (κ3) is 5.46. The van der Waals surface area contributed by atoms with Crippen molar-refractivity contribution in [3.05, 3.63) is 0 Å². The Kier molecular flexibility index (Phi) is 6.62. The van der Waals surface area contributed by atoms with Gasteiger partial charge in [0.2, 0.25) is 0 Å². The second kappa shape index (κ2) is 7.99. The second-order valence-electron chi connectivity index (χ2n) is 4.99. The van der Waals surface area contributed by atoms with Crippen LogP contribution in [0.1, 0.15) is 45.4 Å². The molecule has 1 fully saturated rings. The molecule has 3 N–H and O–H groups in total. The lowest BCUT2D eigenvalue weighted by Gasteiger charge is -2.28. The van der Waals surface area contributed by atoms with Crippen LogP contribution >= 0.6 is 0 Å². The molecule has 19 heavy (non-hydrogen) atoms. The van der Waals surface area contributed by atoms with Gasteiger partial charge in [0, 0.05) is 0 Å². The van der Waals surface area contributed by atoms with Crippen molar-refractivity contribution in [3.63, 3.8) is 0 Å². The molecule has 1 aliphatic carbocycles. The van der Waals surface area contributed by atoms with Gasteiger partial charge in [-0.2, -0.15) is 0 Å². The molecule has 6 heteroatoms. The zero-order valence-corrected chi connectivity index (χ0v) is 11.3. The molecule has 0 radical (unpaired) electrons. The quantitative estimate of drug-likeness (QED) is 0.682. The molecule has 0 saturated heterocycles. The summed E-state index contributed by atoms with van der Waals surface area (Å²) in [5, 5.41) is 21.0. The van der Waals surface area contributed by atoms with Crippen LogP contribution in [-0.2, 0) is 9.53 Å². The summed E-state index contributed by atoms with van der Waals surface area (Å²) in [6, 6.07) is -0.792. The van der Waals surface area contributed by atoms with Crippen LogP contribution in [0.15, 0.2) is 0 Å². The van der Waals surface area contributed by atoms with Gasteiger partial charge >= 0.3 is 12.1 Å². The molecule has 110 valence electrons. The molecule has 0 aromatic rings. The monoisotopic (exact) mass is 273 g/mol. The molecule has 0 heterocycles. The number of rotatable bonds is 6. The van der Waals surface area contributed by atoms with Crippen molar-refractivity contribution in [1.29, 1.82) is 0 Å². The summed E-state index contributed by atoms with van der Waals surface area (Å²) in [6.07, 6.45) is 3.70. The lowest BCUT2D eigenvalue weighted by Crippen LogP contribution is -2.48. The zero-order valence-electron chi connectivity index (χ0n) is 11.3. The number of aliphatic hydroxyl groups excluding tert-OH is 1. The average molecular weight is 273 g/mol. The Morgan fingerprint density at radius 2 is 1.95 bits per heavy atom. The number of carbonyl (C=O) groups excluding carboxylic acids is 1. The van der Waals surface area contributed by atoms with E-state index < -0.39 is 24.2 Å². The first-order valence-electron chi connectivity index (χ1n) is 6.88. The van der Waals surface area contributed by atoms with Gasteiger partial charge < -0.3 is 20.3 Å². The highest BCUT2D eigenvalue weighted by molar-refractivity contribution is 5.75. The fraction of sp³-hybridized carbons (Fsp3) is 0.846. The van der Waals surface area contributed by atoms with E-state index in [-0.39, 0.29) is 6.61 Å². The fourth-order valence-electron chi connectivity index (χ4n) is 2.54. The number of carboxylic acid groups (broad SMARTS) is 1. The van der Waals surface area contributed by atoms with Gasteiger partial charge in [-0.15, -0.1) is 0 Å². The molecule has 1 rings (SSSR count). The van der Waals surface area contributed by atoms with Crippen molar-refractivity contribution in [2.24, 2.45) is 5.92 Å². The summed E-state index contributed by atoms with van der Waals surface area (Å²) < 4.78 is 4.74. The number of carbonyl (C=O) groups is 2. The first kappa shape index (κ1) is 15.8. The van der Waals surface area contributed by atoms with Crippen molar-refractivity contribution >= 4 is 12.1 Å². The number of nitrogens with one attached hydrogen (secondary N) is 1. The number of aliphatic carboxylic acids is 1. The molecule has 6 nitrogen and oxygen atoms in total. The highest BCUT2D eigenvalue weighted by atomic mass is 16.5. The molecule has 1 aliphatic rings. The van der Waals surface area contributed by atoms with E-state index >= 15 is 0 Å². The Bertz CT molecular complexity index is 301. The molecule has 1 amide bonds. The number of carboxylic acids is 1. The predicted octanol–water partition coefficient (Wildman–Crippen LogP) is 1.52. The Hall–Kier alpha value is -1.30. The fourth-order valence-corrected chi connectivity index (χ4v) is 2.54. The van der Waals surface area contributed by atoms with Crippen molar-refractivity contribution in [3.8, 4) is 0 Å². The first-order chi connectivity index (χ1) is 9.04. The highest BCUT2D eigenvalue weighted by Crippen LogP contribution is 2.28. The lowest BCUT2D eigenvalue weighted by atomic mass is 9.83. The van der Waals surface area contributed by atoms with E-state index in [9.17, 15) is 14.7 Å². The van der Waals surface area contributed by atoms with Crippen molar-refractivity contribution in [2.45, 2.75) is 57.6 Å².